The highest BCUT2D eigenvalue weighted by Crippen LogP contribution is 2.17. The van der Waals surface area contributed by atoms with Crippen molar-refractivity contribution >= 4 is 15.7 Å². The fourth-order valence-electron chi connectivity index (χ4n) is 1.75. The monoisotopic (exact) mass is 312 g/mol. The number of nitrogens with two attached hydrogens (primary N) is 1. The highest BCUT2D eigenvalue weighted by atomic mass is 32.2. The molecule has 0 fully saturated rings. The Morgan fingerprint density at radius 2 is 1.86 bits per heavy atom. The number of sulfonamides is 1. The van der Waals surface area contributed by atoms with Gasteiger partial charge in [0.25, 0.3) is 0 Å². The van der Waals surface area contributed by atoms with Crippen molar-refractivity contribution in [2.45, 2.75) is 18.4 Å². The Hall–Kier alpha value is -1.99. The quantitative estimate of drug-likeness (QED) is 0.851. The van der Waals surface area contributed by atoms with Crippen molar-refractivity contribution in [2.75, 3.05) is 5.73 Å². The Balaban J connectivity index is 2.21. The molecule has 2 aromatic carbocycles. The molecule has 3 N–H and O–H groups in total. The van der Waals surface area contributed by atoms with Crippen LogP contribution < -0.4 is 10.5 Å². The van der Waals surface area contributed by atoms with Crippen LogP contribution in [0.15, 0.2) is 41.3 Å². The standard InChI is InChI=1S/C14H14F2N2O2S/c1-9-6-12(3-5-14(9)17)21(19,20)18-8-10-7-11(15)2-4-13(10)16/h2-7,18H,8,17H2,1H3. The van der Waals surface area contributed by atoms with Crippen molar-refractivity contribution in [2.24, 2.45) is 0 Å². The average Bonchev–Trinajstić information content (AvgIpc) is 2.43. The molecular weight excluding hydrogens is 298 g/mol. The predicted molar refractivity (Wildman–Crippen MR) is 76.0 cm³/mol. The van der Waals surface area contributed by atoms with Crippen LogP contribution in [0.3, 0.4) is 0 Å². The number of nitrogens with one attached hydrogen (secondary N) is 1. The summed E-state index contributed by atoms with van der Waals surface area (Å²) >= 11 is 0. The van der Waals surface area contributed by atoms with Gasteiger partial charge in [0.05, 0.1) is 4.90 Å². The normalized spacial score (nSPS) is 11.6. The lowest BCUT2D eigenvalue weighted by atomic mass is 10.2. The van der Waals surface area contributed by atoms with Crippen LogP contribution in [-0.2, 0) is 16.6 Å². The van der Waals surface area contributed by atoms with Crippen LogP contribution in [0.1, 0.15) is 11.1 Å². The minimum Gasteiger partial charge on any atom is -0.399 e. The zero-order valence-corrected chi connectivity index (χ0v) is 12.0. The third-order valence-electron chi connectivity index (χ3n) is 3.01. The van der Waals surface area contributed by atoms with Gasteiger partial charge in [0.2, 0.25) is 10.0 Å². The maximum absolute atomic E-state index is 13.4. The summed E-state index contributed by atoms with van der Waals surface area (Å²) in [5.41, 5.74) is 6.66. The number of rotatable bonds is 4. The molecule has 4 nitrogen and oxygen atoms in total. The second kappa shape index (κ2) is 5.79. The molecule has 0 saturated carbocycles. The first-order valence-corrected chi connectivity index (χ1v) is 7.57. The molecule has 21 heavy (non-hydrogen) atoms. The molecule has 0 aliphatic rings. The highest BCUT2D eigenvalue weighted by molar-refractivity contribution is 7.89. The van der Waals surface area contributed by atoms with Gasteiger partial charge in [-0.15, -0.1) is 0 Å². The number of benzene rings is 2. The molecule has 0 radical (unpaired) electrons. The van der Waals surface area contributed by atoms with Crippen LogP contribution in [0.5, 0.6) is 0 Å². The molecule has 0 amide bonds. The Bertz CT molecular complexity index is 777. The van der Waals surface area contributed by atoms with Crippen molar-refractivity contribution in [3.8, 4) is 0 Å². The van der Waals surface area contributed by atoms with Gasteiger partial charge in [-0.05, 0) is 48.9 Å². The Morgan fingerprint density at radius 1 is 1.14 bits per heavy atom. The second-order valence-corrected chi connectivity index (χ2v) is 6.35. The van der Waals surface area contributed by atoms with Crippen LogP contribution in [0.25, 0.3) is 0 Å². The first kappa shape index (κ1) is 15.4. The Kier molecular flexibility index (Phi) is 4.24. The summed E-state index contributed by atoms with van der Waals surface area (Å²) in [7, 11) is -3.82. The maximum Gasteiger partial charge on any atom is 0.240 e. The zero-order valence-electron chi connectivity index (χ0n) is 11.2. The van der Waals surface area contributed by atoms with Gasteiger partial charge in [0, 0.05) is 17.8 Å². The maximum atomic E-state index is 13.4. The predicted octanol–water partition coefficient (Wildman–Crippen LogP) is 2.33. The van der Waals surface area contributed by atoms with Crippen LogP contribution in [0.2, 0.25) is 0 Å². The van der Waals surface area contributed by atoms with E-state index in [2.05, 4.69) is 4.72 Å². The van der Waals surface area contributed by atoms with Crippen molar-refractivity contribution < 1.29 is 17.2 Å². The van der Waals surface area contributed by atoms with E-state index in [4.69, 9.17) is 5.73 Å². The van der Waals surface area contributed by atoms with Crippen molar-refractivity contribution in [3.63, 3.8) is 0 Å². The highest BCUT2D eigenvalue weighted by Gasteiger charge is 2.15. The van der Waals surface area contributed by atoms with E-state index in [0.29, 0.717) is 11.3 Å². The number of halogens is 2. The van der Waals surface area contributed by atoms with E-state index >= 15 is 0 Å². The summed E-state index contributed by atoms with van der Waals surface area (Å²) in [5.74, 6) is -1.30. The van der Waals surface area contributed by atoms with Gasteiger partial charge in [0.15, 0.2) is 0 Å². The minimum absolute atomic E-state index is 0.0195. The fourth-order valence-corrected chi connectivity index (χ4v) is 2.84. The summed E-state index contributed by atoms with van der Waals surface area (Å²) < 4.78 is 52.9. The van der Waals surface area contributed by atoms with E-state index in [0.717, 1.165) is 18.2 Å². The van der Waals surface area contributed by atoms with Gasteiger partial charge >= 0.3 is 0 Å². The van der Waals surface area contributed by atoms with Crippen molar-refractivity contribution in [1.29, 1.82) is 0 Å². The minimum atomic E-state index is -3.82. The zero-order chi connectivity index (χ0) is 15.6. The van der Waals surface area contributed by atoms with Gasteiger partial charge in [-0.3, -0.25) is 0 Å². The molecule has 0 aromatic heterocycles. The lowest BCUT2D eigenvalue weighted by molar-refractivity contribution is 0.567. The first-order chi connectivity index (χ1) is 9.79. The largest absolute Gasteiger partial charge is 0.399 e. The lowest BCUT2D eigenvalue weighted by Gasteiger charge is -2.09. The van der Waals surface area contributed by atoms with E-state index in [-0.39, 0.29) is 17.0 Å². The van der Waals surface area contributed by atoms with Gasteiger partial charge in [-0.1, -0.05) is 0 Å². The van der Waals surface area contributed by atoms with Crippen LogP contribution in [0.4, 0.5) is 14.5 Å². The summed E-state index contributed by atoms with van der Waals surface area (Å²) in [4.78, 5) is 0.0195. The third kappa shape index (κ3) is 3.56. The Labute approximate surface area is 121 Å². The average molecular weight is 312 g/mol. The molecule has 0 spiro atoms. The molecule has 7 heteroatoms. The molecule has 0 unspecified atom stereocenters. The molecule has 0 aliphatic heterocycles. The van der Waals surface area contributed by atoms with Gasteiger partial charge < -0.3 is 5.73 Å². The molecule has 0 saturated heterocycles. The SMILES string of the molecule is Cc1cc(S(=O)(=O)NCc2cc(F)ccc2F)ccc1N. The van der Waals surface area contributed by atoms with Crippen LogP contribution in [-0.4, -0.2) is 8.42 Å². The van der Waals surface area contributed by atoms with Crippen molar-refractivity contribution in [3.05, 3.63) is 59.2 Å². The smallest absolute Gasteiger partial charge is 0.240 e. The van der Waals surface area contributed by atoms with Gasteiger partial charge in [0.1, 0.15) is 11.6 Å². The third-order valence-corrected chi connectivity index (χ3v) is 4.41. The molecule has 2 aromatic rings. The first-order valence-electron chi connectivity index (χ1n) is 6.09. The molecular formula is C14H14F2N2O2S. The topological polar surface area (TPSA) is 72.2 Å². The van der Waals surface area contributed by atoms with Crippen molar-refractivity contribution in [1.82, 2.24) is 4.72 Å². The number of nitrogen functional groups attached to an aromatic ring is 1. The van der Waals surface area contributed by atoms with Crippen LogP contribution in [0, 0.1) is 18.6 Å². The van der Waals surface area contributed by atoms with E-state index in [9.17, 15) is 17.2 Å². The number of aryl methyl sites for hydroxylation is 1. The van der Waals surface area contributed by atoms with E-state index in [1.165, 1.54) is 18.2 Å². The summed E-state index contributed by atoms with van der Waals surface area (Å²) in [6.45, 7) is 1.34. The van der Waals surface area contributed by atoms with E-state index in [1.54, 1.807) is 6.92 Å². The molecule has 112 valence electrons. The molecule has 0 aliphatic carbocycles. The summed E-state index contributed by atoms with van der Waals surface area (Å²) in [6, 6.07) is 7.12. The lowest BCUT2D eigenvalue weighted by Crippen LogP contribution is -2.24. The van der Waals surface area contributed by atoms with E-state index in [1.807, 2.05) is 0 Å². The molecule has 2 rings (SSSR count). The molecule has 0 atom stereocenters. The van der Waals surface area contributed by atoms with Gasteiger partial charge in [-0.25, -0.2) is 21.9 Å². The second-order valence-electron chi connectivity index (χ2n) is 4.58. The number of anilines is 1. The number of hydrogen-bond donors (Lipinski definition) is 2. The Morgan fingerprint density at radius 3 is 2.52 bits per heavy atom. The van der Waals surface area contributed by atoms with Crippen LogP contribution >= 0.6 is 0 Å². The van der Waals surface area contributed by atoms with Gasteiger partial charge in [-0.2, -0.15) is 0 Å². The fraction of sp³-hybridized carbons (Fsp3) is 0.143. The molecule has 0 heterocycles. The summed E-state index contributed by atoms with van der Waals surface area (Å²) in [6.07, 6.45) is 0. The van der Waals surface area contributed by atoms with E-state index < -0.39 is 21.7 Å². The number of hydrogen-bond acceptors (Lipinski definition) is 3. The summed E-state index contributed by atoms with van der Waals surface area (Å²) in [5, 5.41) is 0. The molecule has 0 bridgehead atoms.